The molecule has 25 heavy (non-hydrogen) atoms. The molecule has 0 spiro atoms. The summed E-state index contributed by atoms with van der Waals surface area (Å²) in [6.45, 7) is 6.09. The molecule has 1 fully saturated rings. The molecule has 1 aromatic heterocycles. The number of anilines is 1. The zero-order valence-corrected chi connectivity index (χ0v) is 14.8. The van der Waals surface area contributed by atoms with E-state index in [1.807, 2.05) is 32.0 Å². The van der Waals surface area contributed by atoms with Crippen molar-refractivity contribution in [3.8, 4) is 0 Å². The summed E-state index contributed by atoms with van der Waals surface area (Å²) in [5, 5.41) is 6.55. The number of aryl methyl sites for hydroxylation is 1. The second-order valence-corrected chi connectivity index (χ2v) is 6.53. The lowest BCUT2D eigenvalue weighted by Gasteiger charge is -2.35. The van der Waals surface area contributed by atoms with Crippen molar-refractivity contribution < 1.29 is 14.1 Å². The molecule has 1 amide bonds. The van der Waals surface area contributed by atoms with Gasteiger partial charge in [0, 0.05) is 19.2 Å². The predicted molar refractivity (Wildman–Crippen MR) is 95.2 cm³/mol. The molecule has 0 bridgehead atoms. The molecule has 1 aliphatic heterocycles. The monoisotopic (exact) mass is 343 g/mol. The Labute approximate surface area is 148 Å². The van der Waals surface area contributed by atoms with Gasteiger partial charge in [-0.15, -0.1) is 0 Å². The lowest BCUT2D eigenvalue weighted by atomic mass is 10.1. The van der Waals surface area contributed by atoms with Gasteiger partial charge in [0.25, 0.3) is 0 Å². The molecule has 1 saturated heterocycles. The van der Waals surface area contributed by atoms with Gasteiger partial charge < -0.3 is 9.26 Å². The van der Waals surface area contributed by atoms with E-state index in [-0.39, 0.29) is 18.1 Å². The van der Waals surface area contributed by atoms with Crippen LogP contribution in [0.25, 0.3) is 0 Å². The van der Waals surface area contributed by atoms with Gasteiger partial charge in [-0.2, -0.15) is 0 Å². The smallest absolute Gasteiger partial charge is 0.243 e. The first-order valence-electron chi connectivity index (χ1n) is 8.75. The van der Waals surface area contributed by atoms with E-state index < -0.39 is 0 Å². The van der Waals surface area contributed by atoms with Crippen LogP contribution in [0.15, 0.2) is 40.9 Å². The molecule has 2 aromatic rings. The van der Waals surface area contributed by atoms with Crippen LogP contribution in [-0.4, -0.2) is 41.2 Å². The summed E-state index contributed by atoms with van der Waals surface area (Å²) < 4.78 is 11.0. The third-order valence-electron chi connectivity index (χ3n) is 4.61. The Bertz CT molecular complexity index is 678. The van der Waals surface area contributed by atoms with Gasteiger partial charge in [-0.1, -0.05) is 35.5 Å². The van der Waals surface area contributed by atoms with E-state index in [1.54, 1.807) is 6.07 Å². The Morgan fingerprint density at radius 2 is 2.08 bits per heavy atom. The number of aromatic nitrogens is 1. The molecule has 0 radical (unpaired) electrons. The lowest BCUT2D eigenvalue weighted by molar-refractivity contribution is -0.122. The first kappa shape index (κ1) is 17.6. The fraction of sp³-hybridized carbons (Fsp3) is 0.474. The minimum atomic E-state index is -0.208. The van der Waals surface area contributed by atoms with Crippen molar-refractivity contribution in [3.63, 3.8) is 0 Å². The number of benzene rings is 1. The summed E-state index contributed by atoms with van der Waals surface area (Å²) in [4.78, 5) is 14.5. The molecule has 1 aliphatic rings. The molecule has 3 rings (SSSR count). The van der Waals surface area contributed by atoms with Crippen molar-refractivity contribution in [2.24, 2.45) is 0 Å². The number of carbonyl (C=O) groups is 1. The highest BCUT2D eigenvalue weighted by atomic mass is 16.5. The molecule has 6 heteroatoms. The second-order valence-electron chi connectivity index (χ2n) is 6.53. The predicted octanol–water partition coefficient (Wildman–Crippen LogP) is 2.99. The van der Waals surface area contributed by atoms with E-state index in [9.17, 15) is 4.79 Å². The van der Waals surface area contributed by atoms with Crippen LogP contribution in [0.3, 0.4) is 0 Å². The molecular formula is C19H25N3O3. The molecule has 0 saturated carbocycles. The van der Waals surface area contributed by atoms with Crippen LogP contribution in [0.1, 0.15) is 31.0 Å². The lowest BCUT2D eigenvalue weighted by Crippen LogP contribution is -2.47. The van der Waals surface area contributed by atoms with Crippen LogP contribution in [0.5, 0.6) is 0 Å². The number of ether oxygens (including phenoxy) is 1. The van der Waals surface area contributed by atoms with E-state index in [4.69, 9.17) is 9.26 Å². The largest absolute Gasteiger partial charge is 0.373 e. The Morgan fingerprint density at radius 3 is 2.72 bits per heavy atom. The topological polar surface area (TPSA) is 67.6 Å². The summed E-state index contributed by atoms with van der Waals surface area (Å²) in [6.07, 6.45) is 2.13. The van der Waals surface area contributed by atoms with Crippen molar-refractivity contribution in [1.29, 1.82) is 0 Å². The van der Waals surface area contributed by atoms with Gasteiger partial charge in [0.1, 0.15) is 0 Å². The number of hydrogen-bond donors (Lipinski definition) is 1. The highest BCUT2D eigenvalue weighted by Crippen LogP contribution is 2.18. The summed E-state index contributed by atoms with van der Waals surface area (Å²) in [5.74, 6) is 0.329. The molecule has 1 aromatic carbocycles. The molecule has 6 nitrogen and oxygen atoms in total. The summed E-state index contributed by atoms with van der Waals surface area (Å²) in [5.41, 5.74) is 1.94. The van der Waals surface area contributed by atoms with Crippen LogP contribution in [-0.2, 0) is 16.1 Å². The number of rotatable bonds is 6. The van der Waals surface area contributed by atoms with Crippen molar-refractivity contribution >= 4 is 11.8 Å². The van der Waals surface area contributed by atoms with Crippen molar-refractivity contribution in [2.45, 2.75) is 45.4 Å². The van der Waals surface area contributed by atoms with Crippen LogP contribution in [0.2, 0.25) is 0 Å². The molecule has 0 unspecified atom stereocenters. The molecule has 1 N–H and O–H groups in total. The average Bonchev–Trinajstić information content (AvgIpc) is 3.05. The number of nitrogens with one attached hydrogen (secondary N) is 1. The number of amides is 1. The average molecular weight is 343 g/mol. The maximum atomic E-state index is 12.3. The molecule has 134 valence electrons. The molecule has 2 heterocycles. The van der Waals surface area contributed by atoms with E-state index in [2.05, 4.69) is 27.5 Å². The maximum Gasteiger partial charge on any atom is 0.243 e. The van der Waals surface area contributed by atoms with Gasteiger partial charge in [0.15, 0.2) is 0 Å². The fourth-order valence-electron chi connectivity index (χ4n) is 3.03. The zero-order valence-electron chi connectivity index (χ0n) is 14.8. The van der Waals surface area contributed by atoms with Gasteiger partial charge in [0.05, 0.1) is 24.4 Å². The number of carbonyl (C=O) groups excluding carboxylic acids is 1. The highest BCUT2D eigenvalue weighted by molar-refractivity contribution is 5.93. The van der Waals surface area contributed by atoms with E-state index >= 15 is 0 Å². The Balaban J connectivity index is 1.42. The van der Waals surface area contributed by atoms with Crippen LogP contribution < -0.4 is 5.32 Å². The Morgan fingerprint density at radius 1 is 1.36 bits per heavy atom. The molecular weight excluding hydrogens is 318 g/mol. The van der Waals surface area contributed by atoms with Crippen LogP contribution in [0, 0.1) is 6.92 Å². The highest BCUT2D eigenvalue weighted by Gasteiger charge is 2.27. The zero-order chi connectivity index (χ0) is 17.6. The van der Waals surface area contributed by atoms with Gasteiger partial charge in [-0.05, 0) is 32.3 Å². The van der Waals surface area contributed by atoms with Crippen molar-refractivity contribution in [3.05, 3.63) is 47.7 Å². The van der Waals surface area contributed by atoms with Crippen LogP contribution in [0.4, 0.5) is 5.88 Å². The van der Waals surface area contributed by atoms with Crippen LogP contribution >= 0.6 is 0 Å². The second kappa shape index (κ2) is 8.27. The summed E-state index contributed by atoms with van der Waals surface area (Å²) >= 11 is 0. The first-order valence-corrected chi connectivity index (χ1v) is 8.75. The molecule has 0 aliphatic carbocycles. The SMILES string of the molecule is Cc1cc(NC(=O)[C@H](C)N2CCC(OCc3ccccc3)CC2)on1. The fourth-order valence-corrected chi connectivity index (χ4v) is 3.03. The van der Waals surface area contributed by atoms with Crippen molar-refractivity contribution in [1.82, 2.24) is 10.1 Å². The minimum Gasteiger partial charge on any atom is -0.373 e. The quantitative estimate of drug-likeness (QED) is 0.873. The summed E-state index contributed by atoms with van der Waals surface area (Å²) in [7, 11) is 0. The van der Waals surface area contributed by atoms with E-state index in [1.165, 1.54) is 5.56 Å². The van der Waals surface area contributed by atoms with Gasteiger partial charge in [0.2, 0.25) is 11.8 Å². The summed E-state index contributed by atoms with van der Waals surface area (Å²) in [6, 6.07) is 11.7. The number of hydrogen-bond acceptors (Lipinski definition) is 5. The number of nitrogens with zero attached hydrogens (tertiary/aromatic N) is 2. The minimum absolute atomic E-state index is 0.0696. The van der Waals surface area contributed by atoms with Gasteiger partial charge in [-0.3, -0.25) is 15.0 Å². The Hall–Kier alpha value is -2.18. The Kier molecular flexibility index (Phi) is 5.83. The molecule has 1 atom stereocenters. The van der Waals surface area contributed by atoms with Crippen molar-refractivity contribution in [2.75, 3.05) is 18.4 Å². The van der Waals surface area contributed by atoms with Gasteiger partial charge in [-0.25, -0.2) is 0 Å². The number of likely N-dealkylation sites (tertiary alicyclic amines) is 1. The van der Waals surface area contributed by atoms with E-state index in [0.717, 1.165) is 31.6 Å². The standard InChI is InChI=1S/C19H25N3O3/c1-14-12-18(25-21-14)20-19(23)15(2)22-10-8-17(9-11-22)24-13-16-6-4-3-5-7-16/h3-7,12,15,17H,8-11,13H2,1-2H3,(H,20,23)/t15-/m0/s1. The third-order valence-corrected chi connectivity index (χ3v) is 4.61. The first-order chi connectivity index (χ1) is 12.1. The maximum absolute atomic E-state index is 12.3. The van der Waals surface area contributed by atoms with E-state index in [0.29, 0.717) is 12.5 Å². The van der Waals surface area contributed by atoms with Gasteiger partial charge >= 0.3 is 0 Å². The third kappa shape index (κ3) is 4.90. The number of piperidine rings is 1. The normalized spacial score (nSPS) is 17.4.